The highest BCUT2D eigenvalue weighted by atomic mass is 16.5. The molecule has 31 heavy (non-hydrogen) atoms. The molecule has 2 fully saturated rings. The first-order valence-corrected chi connectivity index (χ1v) is 11.3. The standard InChI is InChI=1S/C25H34N4O2/c1-18-7-5-8-20(15-18)25(10-13-31-14-11-25)23(30)29-12-6-9-24(3,17-29)22-27-19(2)16-21(26-4)28-22/h5,7-8,15-16H,6,9-14,17H2,1-4H3,(H,26,27,28). The molecule has 0 bridgehead atoms. The quantitative estimate of drug-likeness (QED) is 0.813. The number of piperidine rings is 1. The largest absolute Gasteiger partial charge is 0.381 e. The van der Waals surface area contributed by atoms with Crippen LogP contribution in [-0.2, 0) is 20.4 Å². The Bertz CT molecular complexity index is 954. The minimum atomic E-state index is -0.508. The number of anilines is 1. The average molecular weight is 423 g/mol. The molecule has 1 N–H and O–H groups in total. The molecule has 6 nitrogen and oxygen atoms in total. The lowest BCUT2D eigenvalue weighted by Crippen LogP contribution is -2.55. The van der Waals surface area contributed by atoms with Gasteiger partial charge in [-0.1, -0.05) is 36.8 Å². The number of nitrogens with one attached hydrogen (secondary N) is 1. The highest BCUT2D eigenvalue weighted by Gasteiger charge is 2.47. The molecule has 0 saturated carbocycles. The van der Waals surface area contributed by atoms with Gasteiger partial charge in [0.1, 0.15) is 11.6 Å². The van der Waals surface area contributed by atoms with E-state index in [-0.39, 0.29) is 11.3 Å². The Morgan fingerprint density at radius 2 is 1.90 bits per heavy atom. The summed E-state index contributed by atoms with van der Waals surface area (Å²) in [4.78, 5) is 25.7. The molecule has 6 heteroatoms. The van der Waals surface area contributed by atoms with Crippen molar-refractivity contribution >= 4 is 11.7 Å². The Morgan fingerprint density at radius 3 is 2.61 bits per heavy atom. The Hall–Kier alpha value is -2.47. The molecule has 166 valence electrons. The molecule has 1 unspecified atom stereocenters. The van der Waals surface area contributed by atoms with Crippen molar-refractivity contribution in [2.75, 3.05) is 38.7 Å². The molecule has 0 aliphatic carbocycles. The number of nitrogens with zero attached hydrogens (tertiary/aromatic N) is 3. The molecule has 2 saturated heterocycles. The summed E-state index contributed by atoms with van der Waals surface area (Å²) in [6.45, 7) is 8.96. The summed E-state index contributed by atoms with van der Waals surface area (Å²) in [6, 6.07) is 10.4. The van der Waals surface area contributed by atoms with Crippen molar-refractivity contribution in [2.45, 2.75) is 57.3 Å². The number of carbonyl (C=O) groups excluding carboxylic acids is 1. The smallest absolute Gasteiger partial charge is 0.233 e. The maximum Gasteiger partial charge on any atom is 0.233 e. The summed E-state index contributed by atoms with van der Waals surface area (Å²) in [5.74, 6) is 1.88. The van der Waals surface area contributed by atoms with Gasteiger partial charge in [0.25, 0.3) is 0 Å². The number of aryl methyl sites for hydroxylation is 2. The minimum Gasteiger partial charge on any atom is -0.381 e. The van der Waals surface area contributed by atoms with Gasteiger partial charge in [-0.05, 0) is 45.1 Å². The lowest BCUT2D eigenvalue weighted by molar-refractivity contribution is -0.143. The first kappa shape index (κ1) is 21.8. The summed E-state index contributed by atoms with van der Waals surface area (Å²) in [6.07, 6.45) is 3.39. The Labute approximate surface area is 185 Å². The maximum atomic E-state index is 14.1. The third-order valence-corrected chi connectivity index (χ3v) is 6.96. The van der Waals surface area contributed by atoms with Crippen LogP contribution in [0.1, 0.15) is 55.3 Å². The fourth-order valence-electron chi connectivity index (χ4n) is 5.15. The number of hydrogen-bond acceptors (Lipinski definition) is 5. The predicted molar refractivity (Wildman–Crippen MR) is 122 cm³/mol. The number of amides is 1. The average Bonchev–Trinajstić information content (AvgIpc) is 2.78. The SMILES string of the molecule is CNc1cc(C)nc(C2(C)CCCN(C(=O)C3(c4cccc(C)c4)CCOCC3)C2)n1. The van der Waals surface area contributed by atoms with Crippen LogP contribution >= 0.6 is 0 Å². The third kappa shape index (κ3) is 4.18. The normalized spacial score (nSPS) is 23.4. The van der Waals surface area contributed by atoms with E-state index in [0.29, 0.717) is 19.8 Å². The van der Waals surface area contributed by atoms with E-state index in [1.165, 1.54) is 5.56 Å². The number of rotatable bonds is 4. The second-order valence-corrected chi connectivity index (χ2v) is 9.42. The van der Waals surface area contributed by atoms with Crippen LogP contribution < -0.4 is 5.32 Å². The summed E-state index contributed by atoms with van der Waals surface area (Å²) in [7, 11) is 1.88. The fourth-order valence-corrected chi connectivity index (χ4v) is 5.15. The number of likely N-dealkylation sites (tertiary alicyclic amines) is 1. The van der Waals surface area contributed by atoms with Gasteiger partial charge < -0.3 is 15.0 Å². The monoisotopic (exact) mass is 422 g/mol. The van der Waals surface area contributed by atoms with Crippen molar-refractivity contribution in [3.63, 3.8) is 0 Å². The van der Waals surface area contributed by atoms with Crippen molar-refractivity contribution in [3.8, 4) is 0 Å². The maximum absolute atomic E-state index is 14.1. The van der Waals surface area contributed by atoms with E-state index in [4.69, 9.17) is 14.7 Å². The Morgan fingerprint density at radius 1 is 1.13 bits per heavy atom. The summed E-state index contributed by atoms with van der Waals surface area (Å²) < 4.78 is 5.67. The molecule has 4 rings (SSSR count). The molecule has 1 amide bonds. The summed E-state index contributed by atoms with van der Waals surface area (Å²) in [5.41, 5.74) is 2.49. The van der Waals surface area contributed by atoms with Crippen LogP contribution in [0.3, 0.4) is 0 Å². The van der Waals surface area contributed by atoms with Crippen molar-refractivity contribution in [2.24, 2.45) is 0 Å². The number of ether oxygens (including phenoxy) is 1. The number of carbonyl (C=O) groups is 1. The molecule has 2 aliphatic rings. The van der Waals surface area contributed by atoms with E-state index < -0.39 is 5.41 Å². The van der Waals surface area contributed by atoms with E-state index in [1.54, 1.807) is 0 Å². The zero-order chi connectivity index (χ0) is 22.1. The summed E-state index contributed by atoms with van der Waals surface area (Å²) >= 11 is 0. The lowest BCUT2D eigenvalue weighted by Gasteiger charge is -2.45. The van der Waals surface area contributed by atoms with Gasteiger partial charge in [0.05, 0.1) is 5.41 Å². The van der Waals surface area contributed by atoms with E-state index >= 15 is 0 Å². The van der Waals surface area contributed by atoms with Gasteiger partial charge in [-0.25, -0.2) is 9.97 Å². The highest BCUT2D eigenvalue weighted by molar-refractivity contribution is 5.88. The van der Waals surface area contributed by atoms with Crippen LogP contribution in [-0.4, -0.2) is 54.1 Å². The second kappa shape index (κ2) is 8.58. The molecule has 2 aliphatic heterocycles. The van der Waals surface area contributed by atoms with E-state index in [0.717, 1.165) is 55.1 Å². The zero-order valence-electron chi connectivity index (χ0n) is 19.2. The van der Waals surface area contributed by atoms with Crippen molar-refractivity contribution < 1.29 is 9.53 Å². The molecular formula is C25H34N4O2. The van der Waals surface area contributed by atoms with Crippen LogP contribution in [0, 0.1) is 13.8 Å². The molecule has 2 aromatic rings. The van der Waals surface area contributed by atoms with Gasteiger partial charge in [0.2, 0.25) is 5.91 Å². The highest BCUT2D eigenvalue weighted by Crippen LogP contribution is 2.40. The van der Waals surface area contributed by atoms with Crippen LogP contribution in [0.15, 0.2) is 30.3 Å². The first-order chi connectivity index (χ1) is 14.9. The van der Waals surface area contributed by atoms with Gasteiger partial charge in [-0.15, -0.1) is 0 Å². The van der Waals surface area contributed by atoms with Crippen molar-refractivity contribution in [1.82, 2.24) is 14.9 Å². The molecular weight excluding hydrogens is 388 g/mol. The number of aromatic nitrogens is 2. The minimum absolute atomic E-state index is 0.230. The lowest BCUT2D eigenvalue weighted by atomic mass is 9.71. The molecule has 1 aromatic heterocycles. The van der Waals surface area contributed by atoms with Gasteiger partial charge in [0, 0.05) is 50.5 Å². The Balaban J connectivity index is 1.66. The van der Waals surface area contributed by atoms with E-state index in [2.05, 4.69) is 48.3 Å². The second-order valence-electron chi connectivity index (χ2n) is 9.42. The molecule has 1 aromatic carbocycles. The zero-order valence-corrected chi connectivity index (χ0v) is 19.2. The number of benzene rings is 1. The van der Waals surface area contributed by atoms with Gasteiger partial charge in [0.15, 0.2) is 0 Å². The van der Waals surface area contributed by atoms with Gasteiger partial charge in [-0.3, -0.25) is 4.79 Å². The van der Waals surface area contributed by atoms with Gasteiger partial charge >= 0.3 is 0 Å². The predicted octanol–water partition coefficient (Wildman–Crippen LogP) is 3.76. The Kier molecular flexibility index (Phi) is 6.02. The molecule has 0 spiro atoms. The molecule has 1 atom stereocenters. The van der Waals surface area contributed by atoms with Crippen LogP contribution in [0.2, 0.25) is 0 Å². The topological polar surface area (TPSA) is 67.4 Å². The molecule has 0 radical (unpaired) electrons. The first-order valence-electron chi connectivity index (χ1n) is 11.3. The van der Waals surface area contributed by atoms with Crippen LogP contribution in [0.25, 0.3) is 0 Å². The van der Waals surface area contributed by atoms with Gasteiger partial charge in [-0.2, -0.15) is 0 Å². The van der Waals surface area contributed by atoms with Crippen LogP contribution in [0.4, 0.5) is 5.82 Å². The third-order valence-electron chi connectivity index (χ3n) is 6.96. The van der Waals surface area contributed by atoms with Crippen LogP contribution in [0.5, 0.6) is 0 Å². The molecule has 3 heterocycles. The van der Waals surface area contributed by atoms with Crippen molar-refractivity contribution in [1.29, 1.82) is 0 Å². The van der Waals surface area contributed by atoms with E-state index in [1.807, 2.05) is 20.0 Å². The fraction of sp³-hybridized carbons (Fsp3) is 0.560. The van der Waals surface area contributed by atoms with E-state index in [9.17, 15) is 4.79 Å². The van der Waals surface area contributed by atoms with Crippen molar-refractivity contribution in [3.05, 3.63) is 53.0 Å². The summed E-state index contributed by atoms with van der Waals surface area (Å²) in [5, 5.41) is 3.14. The number of hydrogen-bond donors (Lipinski definition) is 1.